The number of nitriles is 1. The van der Waals surface area contributed by atoms with Crippen molar-refractivity contribution in [3.63, 3.8) is 0 Å². The first-order chi connectivity index (χ1) is 9.67. The summed E-state index contributed by atoms with van der Waals surface area (Å²) in [6, 6.07) is 14.5. The standard InChI is InChI=1S/C16H10BrFN2/c17-13-4-5-15-12(8-19)10-20(16(15)7-13)9-11-2-1-3-14(18)6-11/h1-7,10H,9H2. The van der Waals surface area contributed by atoms with Crippen molar-refractivity contribution in [2.75, 3.05) is 0 Å². The fraction of sp³-hybridized carbons (Fsp3) is 0.0625. The molecule has 3 aromatic rings. The molecule has 3 rings (SSSR count). The Balaban J connectivity index is 2.12. The van der Waals surface area contributed by atoms with E-state index in [0.717, 1.165) is 20.9 Å². The predicted molar refractivity (Wildman–Crippen MR) is 79.9 cm³/mol. The van der Waals surface area contributed by atoms with Crippen LogP contribution < -0.4 is 0 Å². The number of hydrogen-bond donors (Lipinski definition) is 0. The highest BCUT2D eigenvalue weighted by Crippen LogP contribution is 2.25. The summed E-state index contributed by atoms with van der Waals surface area (Å²) in [7, 11) is 0. The van der Waals surface area contributed by atoms with Crippen molar-refractivity contribution < 1.29 is 4.39 Å². The summed E-state index contributed by atoms with van der Waals surface area (Å²) in [5, 5.41) is 10.1. The van der Waals surface area contributed by atoms with Crippen LogP contribution in [0.4, 0.5) is 4.39 Å². The van der Waals surface area contributed by atoms with Gasteiger partial charge in [0.25, 0.3) is 0 Å². The minimum Gasteiger partial charge on any atom is -0.342 e. The quantitative estimate of drug-likeness (QED) is 0.682. The predicted octanol–water partition coefficient (Wildman–Crippen LogP) is 4.46. The molecule has 0 aliphatic heterocycles. The van der Waals surface area contributed by atoms with Crippen LogP contribution in [-0.4, -0.2) is 4.57 Å². The molecule has 20 heavy (non-hydrogen) atoms. The number of halogens is 2. The molecule has 1 aromatic heterocycles. The van der Waals surface area contributed by atoms with E-state index in [0.29, 0.717) is 12.1 Å². The first kappa shape index (κ1) is 12.9. The Kier molecular flexibility index (Phi) is 3.29. The Hall–Kier alpha value is -2.12. The van der Waals surface area contributed by atoms with Gasteiger partial charge in [0, 0.05) is 22.6 Å². The molecule has 1 heterocycles. The second-order valence-electron chi connectivity index (χ2n) is 4.57. The summed E-state index contributed by atoms with van der Waals surface area (Å²) >= 11 is 3.44. The van der Waals surface area contributed by atoms with Crippen LogP contribution in [0.25, 0.3) is 10.9 Å². The van der Waals surface area contributed by atoms with Crippen LogP contribution in [-0.2, 0) is 6.54 Å². The molecular formula is C16H10BrFN2. The van der Waals surface area contributed by atoms with Gasteiger partial charge in [0.15, 0.2) is 0 Å². The zero-order chi connectivity index (χ0) is 14.1. The maximum absolute atomic E-state index is 13.3. The Morgan fingerprint density at radius 2 is 2.05 bits per heavy atom. The molecule has 0 unspecified atom stereocenters. The van der Waals surface area contributed by atoms with Gasteiger partial charge < -0.3 is 4.57 Å². The second-order valence-corrected chi connectivity index (χ2v) is 5.49. The van der Waals surface area contributed by atoms with E-state index in [1.807, 2.05) is 35.0 Å². The summed E-state index contributed by atoms with van der Waals surface area (Å²) in [6.45, 7) is 0.534. The number of hydrogen-bond acceptors (Lipinski definition) is 1. The van der Waals surface area contributed by atoms with Crippen molar-refractivity contribution >= 4 is 26.8 Å². The number of aromatic nitrogens is 1. The van der Waals surface area contributed by atoms with Crippen LogP contribution in [0.5, 0.6) is 0 Å². The molecule has 0 bridgehead atoms. The van der Waals surface area contributed by atoms with Gasteiger partial charge in [0.05, 0.1) is 11.1 Å². The summed E-state index contributed by atoms with van der Waals surface area (Å²) in [5.41, 5.74) is 2.45. The highest BCUT2D eigenvalue weighted by Gasteiger charge is 2.09. The van der Waals surface area contributed by atoms with Crippen molar-refractivity contribution in [2.45, 2.75) is 6.54 Å². The topological polar surface area (TPSA) is 28.7 Å². The van der Waals surface area contributed by atoms with Crippen LogP contribution in [0, 0.1) is 17.1 Å². The van der Waals surface area contributed by atoms with Gasteiger partial charge in [0.1, 0.15) is 11.9 Å². The van der Waals surface area contributed by atoms with E-state index in [4.69, 9.17) is 0 Å². The van der Waals surface area contributed by atoms with Crippen molar-refractivity contribution in [3.8, 4) is 6.07 Å². The molecule has 0 spiro atoms. The lowest BCUT2D eigenvalue weighted by molar-refractivity contribution is 0.624. The van der Waals surface area contributed by atoms with E-state index >= 15 is 0 Å². The van der Waals surface area contributed by atoms with E-state index in [9.17, 15) is 9.65 Å². The Labute approximate surface area is 124 Å². The molecule has 0 saturated heterocycles. The minimum atomic E-state index is -0.249. The summed E-state index contributed by atoms with van der Waals surface area (Å²) in [5.74, 6) is -0.249. The van der Waals surface area contributed by atoms with Crippen molar-refractivity contribution in [2.24, 2.45) is 0 Å². The van der Waals surface area contributed by atoms with Gasteiger partial charge in [-0.2, -0.15) is 5.26 Å². The lowest BCUT2D eigenvalue weighted by atomic mass is 10.2. The van der Waals surface area contributed by atoms with Gasteiger partial charge in [-0.1, -0.05) is 34.1 Å². The average Bonchev–Trinajstić information content (AvgIpc) is 2.76. The van der Waals surface area contributed by atoms with E-state index in [1.165, 1.54) is 12.1 Å². The molecule has 0 aliphatic rings. The van der Waals surface area contributed by atoms with Gasteiger partial charge in [-0.25, -0.2) is 4.39 Å². The van der Waals surface area contributed by atoms with Crippen LogP contribution >= 0.6 is 15.9 Å². The van der Waals surface area contributed by atoms with Gasteiger partial charge in [-0.3, -0.25) is 0 Å². The molecule has 2 nitrogen and oxygen atoms in total. The van der Waals surface area contributed by atoms with Crippen molar-refractivity contribution in [1.29, 1.82) is 5.26 Å². The molecule has 2 aromatic carbocycles. The van der Waals surface area contributed by atoms with Crippen molar-refractivity contribution in [1.82, 2.24) is 4.57 Å². The molecule has 0 atom stereocenters. The van der Waals surface area contributed by atoms with Gasteiger partial charge in [-0.15, -0.1) is 0 Å². The van der Waals surface area contributed by atoms with Crippen molar-refractivity contribution in [3.05, 3.63) is 70.1 Å². The summed E-state index contributed by atoms with van der Waals surface area (Å²) in [4.78, 5) is 0. The fourth-order valence-corrected chi connectivity index (χ4v) is 2.67. The lowest BCUT2D eigenvalue weighted by Crippen LogP contribution is -1.98. The van der Waals surface area contributed by atoms with Gasteiger partial charge >= 0.3 is 0 Å². The number of fused-ring (bicyclic) bond motifs is 1. The lowest BCUT2D eigenvalue weighted by Gasteiger charge is -2.06. The van der Waals surface area contributed by atoms with E-state index in [-0.39, 0.29) is 5.82 Å². The average molecular weight is 329 g/mol. The van der Waals surface area contributed by atoms with Crippen LogP contribution in [0.2, 0.25) is 0 Å². The Morgan fingerprint density at radius 1 is 1.20 bits per heavy atom. The van der Waals surface area contributed by atoms with E-state index in [2.05, 4.69) is 22.0 Å². The highest BCUT2D eigenvalue weighted by atomic mass is 79.9. The Bertz CT molecular complexity index is 830. The molecule has 0 saturated carbocycles. The summed E-state index contributed by atoms with van der Waals surface area (Å²) < 4.78 is 16.2. The van der Waals surface area contributed by atoms with Gasteiger partial charge in [-0.05, 0) is 29.8 Å². The normalized spacial score (nSPS) is 10.7. The molecular weight excluding hydrogens is 319 g/mol. The molecule has 4 heteroatoms. The highest BCUT2D eigenvalue weighted by molar-refractivity contribution is 9.10. The molecule has 0 N–H and O–H groups in total. The molecule has 0 radical (unpaired) electrons. The van der Waals surface area contributed by atoms with Crippen LogP contribution in [0.3, 0.4) is 0 Å². The zero-order valence-corrected chi connectivity index (χ0v) is 12.1. The third-order valence-electron chi connectivity index (χ3n) is 3.21. The molecule has 0 aliphatic carbocycles. The third kappa shape index (κ3) is 2.33. The minimum absolute atomic E-state index is 0.249. The fourth-order valence-electron chi connectivity index (χ4n) is 2.32. The zero-order valence-electron chi connectivity index (χ0n) is 10.5. The first-order valence-corrected chi connectivity index (χ1v) is 6.89. The maximum Gasteiger partial charge on any atom is 0.123 e. The smallest absolute Gasteiger partial charge is 0.123 e. The van der Waals surface area contributed by atoms with Gasteiger partial charge in [0.2, 0.25) is 0 Å². The first-order valence-electron chi connectivity index (χ1n) is 6.10. The summed E-state index contributed by atoms with van der Waals surface area (Å²) in [6.07, 6.45) is 1.81. The monoisotopic (exact) mass is 328 g/mol. The number of rotatable bonds is 2. The molecule has 98 valence electrons. The number of nitrogens with zero attached hydrogens (tertiary/aromatic N) is 2. The largest absolute Gasteiger partial charge is 0.342 e. The maximum atomic E-state index is 13.3. The molecule has 0 amide bonds. The number of benzene rings is 2. The van der Waals surface area contributed by atoms with Crippen LogP contribution in [0.15, 0.2) is 53.1 Å². The SMILES string of the molecule is N#Cc1cn(Cc2cccc(F)c2)c2cc(Br)ccc12. The van der Waals surface area contributed by atoms with E-state index in [1.54, 1.807) is 6.07 Å². The second kappa shape index (κ2) is 5.10. The van der Waals surface area contributed by atoms with E-state index < -0.39 is 0 Å². The third-order valence-corrected chi connectivity index (χ3v) is 3.70. The van der Waals surface area contributed by atoms with Crippen LogP contribution in [0.1, 0.15) is 11.1 Å². The molecule has 0 fully saturated rings. The Morgan fingerprint density at radius 3 is 2.80 bits per heavy atom.